The second-order valence-corrected chi connectivity index (χ2v) is 15.5. The number of rotatable bonds is 23. The third-order valence-electron chi connectivity index (χ3n) is 5.56. The molecule has 22 heteroatoms. The van der Waals surface area contributed by atoms with Crippen molar-refractivity contribution in [3.63, 3.8) is 0 Å². The van der Waals surface area contributed by atoms with Crippen molar-refractivity contribution >= 4 is 37.1 Å². The van der Waals surface area contributed by atoms with E-state index in [-0.39, 0.29) is 5.78 Å². The van der Waals surface area contributed by atoms with Gasteiger partial charge in [0.2, 0.25) is 0 Å². The first kappa shape index (κ1) is 47.6. The minimum atomic E-state index is -5.65. The fourth-order valence-electron chi connectivity index (χ4n) is 3.18. The van der Waals surface area contributed by atoms with Gasteiger partial charge in [-0.25, -0.2) is 0 Å². The summed E-state index contributed by atoms with van der Waals surface area (Å²) in [7, 11) is -21.6. The number of phosphoric ester groups is 2. The highest BCUT2D eigenvalue weighted by Crippen LogP contribution is 2.51. The molecule has 0 amide bonds. The van der Waals surface area contributed by atoms with Gasteiger partial charge >= 0.3 is 0 Å². The van der Waals surface area contributed by atoms with Crippen LogP contribution in [-0.2, 0) is 40.7 Å². The average molecular weight is 748 g/mol. The fraction of sp³-hybridized carbons (Fsp3) is 0.640. The number of nitrogens with zero attached hydrogens (tertiary/aromatic N) is 3. The normalized spacial score (nSPS) is 16.0. The van der Waals surface area contributed by atoms with Crippen LogP contribution in [-0.4, -0.2) is 25.5 Å². The lowest BCUT2D eigenvalue weighted by molar-refractivity contribution is -0.342. The van der Waals surface area contributed by atoms with E-state index in [0.29, 0.717) is 38.6 Å². The Morgan fingerprint density at radius 3 is 1.38 bits per heavy atom. The fourth-order valence-corrected chi connectivity index (χ4v) is 6.03. The van der Waals surface area contributed by atoms with Gasteiger partial charge in [-0.3, -0.25) is 17.8 Å². The Bertz CT molecular complexity index is 1340. The van der Waals surface area contributed by atoms with E-state index in [2.05, 4.69) is 27.7 Å². The van der Waals surface area contributed by atoms with Crippen LogP contribution >= 0.6 is 31.3 Å². The minimum Gasteiger partial charge on any atom is -0.790 e. The van der Waals surface area contributed by atoms with Gasteiger partial charge in [-0.15, -0.1) is 0 Å². The van der Waals surface area contributed by atoms with Crippen molar-refractivity contribution in [1.82, 2.24) is 0 Å². The highest BCUT2D eigenvalue weighted by molar-refractivity contribution is 7.59. The summed E-state index contributed by atoms with van der Waals surface area (Å²) in [6, 6.07) is 0. The van der Waals surface area contributed by atoms with Crippen molar-refractivity contribution in [3.05, 3.63) is 57.0 Å². The van der Waals surface area contributed by atoms with Crippen LogP contribution in [0.15, 0.2) is 51.7 Å². The van der Waals surface area contributed by atoms with Crippen LogP contribution in [0.4, 0.5) is 0 Å². The molecule has 0 aliphatic heterocycles. The molecule has 0 radical (unpaired) electrons. The summed E-state index contributed by atoms with van der Waals surface area (Å²) >= 11 is 0. The molecule has 0 aromatic carbocycles. The number of carbonyl (C=O) groups is 1. The number of hydrogen-bond donors (Lipinski definition) is 0. The van der Waals surface area contributed by atoms with E-state index < -0.39 is 44.5 Å². The van der Waals surface area contributed by atoms with Gasteiger partial charge in [-0.1, -0.05) is 51.7 Å². The SMILES string of the molecule is C/C(=C\COP(=O)([O-])OP(=O)([O-])[O-])CC/C=C(\C)CCCN=[N+]=[N-].CC(=O)CC/C(C)=C/CC/C(C)=C/COP(=O)([O-])OP(=O)([O-])[O-]. The lowest BCUT2D eigenvalue weighted by Gasteiger charge is -2.34. The monoisotopic (exact) mass is 747 g/mol. The maximum atomic E-state index is 11.0. The molecule has 0 rings (SSSR count). The molecular weight excluding hydrogens is 706 g/mol. The van der Waals surface area contributed by atoms with Crippen molar-refractivity contribution in [2.45, 2.75) is 86.0 Å². The zero-order valence-corrected chi connectivity index (χ0v) is 30.4. The molecule has 47 heavy (non-hydrogen) atoms. The van der Waals surface area contributed by atoms with Crippen molar-refractivity contribution in [2.75, 3.05) is 19.8 Å². The molecule has 0 aromatic rings. The van der Waals surface area contributed by atoms with Gasteiger partial charge < -0.3 is 52.3 Å². The number of Topliss-reactive ketones (excluding diaryl/α,β-unsaturated/α-hetero) is 1. The Morgan fingerprint density at radius 1 is 0.638 bits per heavy atom. The molecule has 0 fully saturated rings. The maximum Gasteiger partial charge on any atom is 0.272 e. The molecule has 0 N–H and O–H groups in total. The van der Waals surface area contributed by atoms with Crippen LogP contribution < -0.4 is 29.4 Å². The van der Waals surface area contributed by atoms with E-state index in [1.54, 1.807) is 13.8 Å². The first-order valence-electron chi connectivity index (χ1n) is 14.0. The van der Waals surface area contributed by atoms with E-state index in [1.165, 1.54) is 19.1 Å². The molecule has 0 bridgehead atoms. The first-order chi connectivity index (χ1) is 21.5. The molecule has 2 atom stereocenters. The predicted octanol–water partition coefficient (Wildman–Crippen LogP) is 3.44. The molecular formula is C25H41N3O15P4-6. The van der Waals surface area contributed by atoms with Crippen molar-refractivity contribution < 1.29 is 70.1 Å². The maximum absolute atomic E-state index is 11.0. The number of allylic oxidation sites excluding steroid dienone is 6. The largest absolute Gasteiger partial charge is 0.790 e. The van der Waals surface area contributed by atoms with Crippen LogP contribution in [0.1, 0.15) is 86.0 Å². The van der Waals surface area contributed by atoms with Gasteiger partial charge in [0.15, 0.2) is 0 Å². The second kappa shape index (κ2) is 24.6. The lowest BCUT2D eigenvalue weighted by atomic mass is 10.1. The van der Waals surface area contributed by atoms with E-state index in [4.69, 9.17) is 5.53 Å². The smallest absolute Gasteiger partial charge is 0.272 e. The third-order valence-corrected chi connectivity index (χ3v) is 9.69. The Kier molecular flexibility index (Phi) is 24.9. The molecule has 0 spiro atoms. The standard InChI is InChI=1S/C13H24O8P2.C12H23N3O7P2/c1-11(7-8-13(3)14)5-4-6-12(2)9-10-20-23(18,19)21-22(15,16)17;1-11(7-4-9-14-15-13)5-3-6-12(2)8-10-21-24(19,20)22-23(16,17)18/h5,9H,4,6-8,10H2,1-3H3,(H,18,19)(H2,15,16,17);5,8H,3-4,6-7,9-10H2,1-2H3,(H,19,20)(H2,16,17,18)/p-6/b11-5+,12-9+;11-5+,12-8+. The molecule has 0 aliphatic carbocycles. The summed E-state index contributed by atoms with van der Waals surface area (Å²) in [4.78, 5) is 76.4. The summed E-state index contributed by atoms with van der Waals surface area (Å²) in [5, 5.41) is 3.44. The first-order valence-corrected chi connectivity index (χ1v) is 19.8. The number of azide groups is 1. The second-order valence-electron chi connectivity index (χ2n) is 10.1. The molecule has 272 valence electrons. The van der Waals surface area contributed by atoms with Crippen molar-refractivity contribution in [3.8, 4) is 0 Å². The van der Waals surface area contributed by atoms with Crippen LogP contribution in [0.2, 0.25) is 0 Å². The quantitative estimate of drug-likeness (QED) is 0.0361. The third kappa shape index (κ3) is 35.6. The van der Waals surface area contributed by atoms with Gasteiger partial charge in [-0.2, -0.15) is 0 Å². The van der Waals surface area contributed by atoms with Crippen LogP contribution in [0, 0.1) is 0 Å². The number of ketones is 1. The van der Waals surface area contributed by atoms with E-state index in [9.17, 15) is 52.4 Å². The number of carbonyl (C=O) groups excluding carboxylic acids is 1. The van der Waals surface area contributed by atoms with E-state index in [0.717, 1.165) is 41.6 Å². The molecule has 2 unspecified atom stereocenters. The topological polar surface area (TPSA) is 309 Å². The van der Waals surface area contributed by atoms with E-state index >= 15 is 0 Å². The summed E-state index contributed by atoms with van der Waals surface area (Å²) in [6.45, 7) is 8.57. The molecule has 0 heterocycles. The van der Waals surface area contributed by atoms with Crippen molar-refractivity contribution in [1.29, 1.82) is 0 Å². The summed E-state index contributed by atoms with van der Waals surface area (Å²) in [5.41, 5.74) is 12.1. The molecule has 0 saturated carbocycles. The number of hydrogen-bond acceptors (Lipinski definition) is 16. The molecule has 0 saturated heterocycles. The van der Waals surface area contributed by atoms with Crippen molar-refractivity contribution in [2.24, 2.45) is 5.11 Å². The lowest BCUT2D eigenvalue weighted by Crippen LogP contribution is -2.19. The van der Waals surface area contributed by atoms with Crippen LogP contribution in [0.3, 0.4) is 0 Å². The Morgan fingerprint density at radius 2 is 1.02 bits per heavy atom. The van der Waals surface area contributed by atoms with Gasteiger partial charge in [0.1, 0.15) is 5.78 Å². The summed E-state index contributed by atoms with van der Waals surface area (Å²) in [5.74, 6) is 0.135. The molecule has 18 nitrogen and oxygen atoms in total. The van der Waals surface area contributed by atoms with Gasteiger partial charge in [0, 0.05) is 17.9 Å². The Balaban J connectivity index is 0. The highest BCUT2D eigenvalue weighted by Gasteiger charge is 2.11. The minimum absolute atomic E-state index is 0.135. The summed E-state index contributed by atoms with van der Waals surface area (Å²) in [6.07, 6.45) is 12.5. The molecule has 0 aliphatic rings. The number of phosphoric acid groups is 4. The van der Waals surface area contributed by atoms with Gasteiger partial charge in [0.05, 0.1) is 28.9 Å². The van der Waals surface area contributed by atoms with Gasteiger partial charge in [0.25, 0.3) is 15.6 Å². The summed E-state index contributed by atoms with van der Waals surface area (Å²) < 4.78 is 57.6. The average Bonchev–Trinajstić information content (AvgIpc) is 2.87. The zero-order chi connectivity index (χ0) is 36.7. The molecule has 0 aromatic heterocycles. The van der Waals surface area contributed by atoms with Gasteiger partial charge in [-0.05, 0) is 85.1 Å². The Labute approximate surface area is 274 Å². The Hall–Kier alpha value is -1.54. The highest BCUT2D eigenvalue weighted by atomic mass is 31.3. The van der Waals surface area contributed by atoms with E-state index in [1.807, 2.05) is 26.0 Å². The predicted molar refractivity (Wildman–Crippen MR) is 161 cm³/mol. The zero-order valence-electron chi connectivity index (χ0n) is 26.8. The van der Waals surface area contributed by atoms with Crippen LogP contribution in [0.25, 0.3) is 10.4 Å². The van der Waals surface area contributed by atoms with Crippen LogP contribution in [0.5, 0.6) is 0 Å².